The number of hydrogen-bond donors (Lipinski definition) is 4. The molecule has 4 aromatic rings. The van der Waals surface area contributed by atoms with Crippen molar-refractivity contribution in [1.29, 1.82) is 0 Å². The summed E-state index contributed by atoms with van der Waals surface area (Å²) >= 11 is 0. The highest BCUT2D eigenvalue weighted by molar-refractivity contribution is 5.94. The van der Waals surface area contributed by atoms with Crippen molar-refractivity contribution in [3.63, 3.8) is 0 Å². The predicted molar refractivity (Wildman–Crippen MR) is 154 cm³/mol. The number of anilines is 2. The van der Waals surface area contributed by atoms with E-state index in [1.54, 1.807) is 12.1 Å². The molecule has 0 saturated heterocycles. The molecule has 1 aromatic heterocycles. The Kier molecular flexibility index (Phi) is 9.25. The molecule has 196 valence electrons. The Bertz CT molecular complexity index is 1290. The lowest BCUT2D eigenvalue weighted by Gasteiger charge is -2.26. The summed E-state index contributed by atoms with van der Waals surface area (Å²) in [6.07, 6.45) is -0.250. The number of amides is 1. The van der Waals surface area contributed by atoms with E-state index in [1.165, 1.54) is 0 Å². The first-order chi connectivity index (χ1) is 18.4. The Hall–Kier alpha value is -4.00. The molecule has 6 nitrogen and oxygen atoms in total. The molecule has 3 aromatic carbocycles. The zero-order valence-electron chi connectivity index (χ0n) is 22.2. The van der Waals surface area contributed by atoms with Gasteiger partial charge >= 0.3 is 0 Å². The minimum atomic E-state index is -0.774. The summed E-state index contributed by atoms with van der Waals surface area (Å²) in [7, 11) is 0. The van der Waals surface area contributed by atoms with Crippen molar-refractivity contribution < 1.29 is 9.90 Å². The van der Waals surface area contributed by atoms with E-state index in [0.717, 1.165) is 33.9 Å². The number of carbonyl (C=O) groups excluding carboxylic acids is 1. The maximum absolute atomic E-state index is 13.2. The van der Waals surface area contributed by atoms with E-state index in [-0.39, 0.29) is 11.9 Å². The van der Waals surface area contributed by atoms with E-state index >= 15 is 0 Å². The van der Waals surface area contributed by atoms with Crippen molar-refractivity contribution in [3.8, 4) is 0 Å². The van der Waals surface area contributed by atoms with Gasteiger partial charge in [0.15, 0.2) is 0 Å². The van der Waals surface area contributed by atoms with Crippen LogP contribution in [0.3, 0.4) is 0 Å². The summed E-state index contributed by atoms with van der Waals surface area (Å²) in [5.74, 6) is -0.219. The number of nitrogens with zero attached hydrogens (tertiary/aromatic N) is 1. The second-order valence-electron chi connectivity index (χ2n) is 9.72. The van der Waals surface area contributed by atoms with Crippen LogP contribution < -0.4 is 16.0 Å². The van der Waals surface area contributed by atoms with E-state index in [4.69, 9.17) is 0 Å². The van der Waals surface area contributed by atoms with Crippen LogP contribution in [0.5, 0.6) is 0 Å². The maximum Gasteiger partial charge on any atom is 0.251 e. The summed E-state index contributed by atoms with van der Waals surface area (Å²) in [6.45, 7) is 6.34. The van der Waals surface area contributed by atoms with Crippen molar-refractivity contribution in [1.82, 2.24) is 15.6 Å². The molecular formula is C32H36N4O2. The van der Waals surface area contributed by atoms with Gasteiger partial charge in [0.05, 0.1) is 12.1 Å². The number of pyridine rings is 1. The van der Waals surface area contributed by atoms with E-state index in [2.05, 4.69) is 40.0 Å². The quantitative estimate of drug-likeness (QED) is 0.215. The summed E-state index contributed by atoms with van der Waals surface area (Å²) in [4.78, 5) is 17.6. The van der Waals surface area contributed by atoms with Gasteiger partial charge in [-0.15, -0.1) is 0 Å². The van der Waals surface area contributed by atoms with E-state index in [0.29, 0.717) is 18.5 Å². The number of rotatable bonds is 11. The minimum Gasteiger partial charge on any atom is -0.390 e. The number of carbonyl (C=O) groups is 1. The molecular weight excluding hydrogens is 472 g/mol. The van der Waals surface area contributed by atoms with Crippen molar-refractivity contribution in [2.24, 2.45) is 0 Å². The van der Waals surface area contributed by atoms with Crippen LogP contribution in [0.1, 0.15) is 45.8 Å². The van der Waals surface area contributed by atoms with Crippen molar-refractivity contribution in [2.45, 2.75) is 45.4 Å². The smallest absolute Gasteiger partial charge is 0.251 e. The number of nitrogens with one attached hydrogen (secondary N) is 3. The first-order valence-electron chi connectivity index (χ1n) is 13.0. The van der Waals surface area contributed by atoms with Crippen LogP contribution in [-0.2, 0) is 6.42 Å². The number of hydrogen-bond acceptors (Lipinski definition) is 5. The molecule has 0 saturated carbocycles. The van der Waals surface area contributed by atoms with Crippen LogP contribution in [0.25, 0.3) is 0 Å². The maximum atomic E-state index is 13.2. The standard InChI is InChI=1S/C32H36N4O2/c1-22-18-29(19-23(2)34-22)35-28-16-14-27(15-17-28)32(38)36-30(20-25-10-6-4-7-11-25)31(37)21-33-24(3)26-12-8-5-9-13-26/h4-19,24,30-31,33,37H,20-21H2,1-3H3,(H,34,35)(H,36,38)/t24-,30+,31-/m1/s1. The number of aliphatic hydroxyl groups excluding tert-OH is 1. The zero-order valence-corrected chi connectivity index (χ0v) is 22.2. The third-order valence-electron chi connectivity index (χ3n) is 6.53. The highest BCUT2D eigenvalue weighted by atomic mass is 16.3. The van der Waals surface area contributed by atoms with Gasteiger partial charge in [0.1, 0.15) is 0 Å². The average Bonchev–Trinajstić information content (AvgIpc) is 2.92. The molecule has 1 heterocycles. The van der Waals surface area contributed by atoms with Crippen molar-refractivity contribution >= 4 is 17.3 Å². The topological polar surface area (TPSA) is 86.3 Å². The lowest BCUT2D eigenvalue weighted by atomic mass is 10.00. The Morgan fingerprint density at radius 2 is 1.45 bits per heavy atom. The van der Waals surface area contributed by atoms with Gasteiger partial charge in [-0.1, -0.05) is 60.7 Å². The molecule has 0 unspecified atom stereocenters. The van der Waals surface area contributed by atoms with Gasteiger partial charge in [0.2, 0.25) is 0 Å². The third-order valence-corrected chi connectivity index (χ3v) is 6.53. The van der Waals surface area contributed by atoms with Crippen LogP contribution in [0.4, 0.5) is 11.4 Å². The van der Waals surface area contributed by atoms with Crippen LogP contribution in [0.2, 0.25) is 0 Å². The highest BCUT2D eigenvalue weighted by Gasteiger charge is 2.23. The Labute approximate surface area is 225 Å². The van der Waals surface area contributed by atoms with Gasteiger partial charge in [-0.05, 0) is 74.7 Å². The van der Waals surface area contributed by atoms with Gasteiger partial charge in [-0.25, -0.2) is 0 Å². The second kappa shape index (κ2) is 13.0. The van der Waals surface area contributed by atoms with Gasteiger partial charge in [-0.2, -0.15) is 0 Å². The lowest BCUT2D eigenvalue weighted by Crippen LogP contribution is -2.49. The van der Waals surface area contributed by atoms with E-state index < -0.39 is 12.1 Å². The molecule has 4 rings (SSSR count). The van der Waals surface area contributed by atoms with Gasteiger partial charge in [0.25, 0.3) is 5.91 Å². The third kappa shape index (κ3) is 7.75. The fourth-order valence-electron chi connectivity index (χ4n) is 4.48. The first kappa shape index (κ1) is 27.0. The minimum absolute atomic E-state index is 0.0759. The zero-order chi connectivity index (χ0) is 26.9. The lowest BCUT2D eigenvalue weighted by molar-refractivity contribution is 0.0826. The Balaban J connectivity index is 1.42. The molecule has 0 aliphatic carbocycles. The number of benzene rings is 3. The molecule has 0 aliphatic rings. The Morgan fingerprint density at radius 1 is 0.842 bits per heavy atom. The predicted octanol–water partition coefficient (Wildman–Crippen LogP) is 5.49. The molecule has 0 aliphatic heterocycles. The second-order valence-corrected chi connectivity index (χ2v) is 9.72. The van der Waals surface area contributed by atoms with Crippen LogP contribution in [0.15, 0.2) is 97.1 Å². The summed E-state index contributed by atoms with van der Waals surface area (Å²) in [5, 5.41) is 21.0. The van der Waals surface area contributed by atoms with E-state index in [9.17, 15) is 9.90 Å². The number of aliphatic hydroxyl groups is 1. The Morgan fingerprint density at radius 3 is 2.08 bits per heavy atom. The van der Waals surface area contributed by atoms with Gasteiger partial charge in [-0.3, -0.25) is 9.78 Å². The van der Waals surface area contributed by atoms with Crippen LogP contribution in [-0.4, -0.2) is 34.7 Å². The van der Waals surface area contributed by atoms with Gasteiger partial charge in [0, 0.05) is 40.9 Å². The number of aromatic nitrogens is 1. The van der Waals surface area contributed by atoms with Crippen LogP contribution in [0, 0.1) is 13.8 Å². The molecule has 0 spiro atoms. The molecule has 38 heavy (non-hydrogen) atoms. The summed E-state index contributed by atoms with van der Waals surface area (Å²) in [5.41, 5.74) is 6.46. The average molecular weight is 509 g/mol. The molecule has 6 heteroatoms. The monoisotopic (exact) mass is 508 g/mol. The largest absolute Gasteiger partial charge is 0.390 e. The summed E-state index contributed by atoms with van der Waals surface area (Å²) < 4.78 is 0. The van der Waals surface area contributed by atoms with Gasteiger partial charge < -0.3 is 21.1 Å². The highest BCUT2D eigenvalue weighted by Crippen LogP contribution is 2.19. The van der Waals surface area contributed by atoms with Crippen molar-refractivity contribution in [2.75, 3.05) is 11.9 Å². The molecule has 4 N–H and O–H groups in total. The fraction of sp³-hybridized carbons (Fsp3) is 0.250. The summed E-state index contributed by atoms with van der Waals surface area (Å²) in [6, 6.07) is 30.9. The SMILES string of the molecule is Cc1cc(Nc2ccc(C(=O)N[C@@H](Cc3ccccc3)[C@H](O)CN[C@H](C)c3ccccc3)cc2)cc(C)n1. The van der Waals surface area contributed by atoms with Crippen LogP contribution >= 0.6 is 0 Å². The van der Waals surface area contributed by atoms with E-state index in [1.807, 2.05) is 86.6 Å². The van der Waals surface area contributed by atoms with Crippen molar-refractivity contribution in [3.05, 3.63) is 125 Å². The molecule has 3 atom stereocenters. The molecule has 0 fully saturated rings. The normalized spacial score (nSPS) is 13.4. The molecule has 0 bridgehead atoms. The molecule has 0 radical (unpaired) electrons. The first-order valence-corrected chi connectivity index (χ1v) is 13.0. The fourth-order valence-corrected chi connectivity index (χ4v) is 4.48. The number of aryl methyl sites for hydroxylation is 2. The molecule has 1 amide bonds.